The van der Waals surface area contributed by atoms with E-state index in [1.165, 1.54) is 6.07 Å². The molecule has 0 aliphatic carbocycles. The van der Waals surface area contributed by atoms with Crippen LogP contribution in [0.15, 0.2) is 36.4 Å². The maximum atomic E-state index is 13.4. The number of nitrogens with one attached hydrogen (secondary N) is 2. The molecule has 2 aromatic carbocycles. The van der Waals surface area contributed by atoms with E-state index in [-0.39, 0.29) is 11.9 Å². The van der Waals surface area contributed by atoms with Crippen molar-refractivity contribution in [2.24, 2.45) is 0 Å². The van der Waals surface area contributed by atoms with Crippen molar-refractivity contribution in [1.29, 1.82) is 0 Å². The number of amides is 1. The molecule has 108 valence electrons. The summed E-state index contributed by atoms with van der Waals surface area (Å²) in [5.41, 5.74) is 3.26. The SMILES string of the molecule is CNC(c1ccc(F)c(F)c1)c1ccc2c(c1)CC(=O)N2. The summed E-state index contributed by atoms with van der Waals surface area (Å²) in [5.74, 6) is -1.76. The second kappa shape index (κ2) is 5.26. The van der Waals surface area contributed by atoms with E-state index in [0.717, 1.165) is 22.9 Å². The summed E-state index contributed by atoms with van der Waals surface area (Å²) >= 11 is 0. The van der Waals surface area contributed by atoms with Crippen LogP contribution >= 0.6 is 0 Å². The van der Waals surface area contributed by atoms with Crippen LogP contribution in [0.1, 0.15) is 22.7 Å². The predicted octanol–water partition coefficient (Wildman–Crippen LogP) is 2.77. The first kappa shape index (κ1) is 13.7. The zero-order chi connectivity index (χ0) is 15.0. The molecule has 0 bridgehead atoms. The Hall–Kier alpha value is -2.27. The summed E-state index contributed by atoms with van der Waals surface area (Å²) in [4.78, 5) is 11.4. The van der Waals surface area contributed by atoms with Gasteiger partial charge in [0, 0.05) is 5.69 Å². The van der Waals surface area contributed by atoms with Gasteiger partial charge in [-0.05, 0) is 41.9 Å². The fourth-order valence-electron chi connectivity index (χ4n) is 2.65. The van der Waals surface area contributed by atoms with E-state index in [1.54, 1.807) is 13.1 Å². The normalized spacial score (nSPS) is 14.7. The second-order valence-corrected chi connectivity index (χ2v) is 5.04. The van der Waals surface area contributed by atoms with Gasteiger partial charge in [0.1, 0.15) is 0 Å². The van der Waals surface area contributed by atoms with E-state index in [1.807, 2.05) is 18.2 Å². The number of carbonyl (C=O) groups excluding carboxylic acids is 1. The van der Waals surface area contributed by atoms with Gasteiger partial charge in [-0.25, -0.2) is 8.78 Å². The molecule has 0 radical (unpaired) electrons. The van der Waals surface area contributed by atoms with Crippen molar-refractivity contribution in [2.75, 3.05) is 12.4 Å². The monoisotopic (exact) mass is 288 g/mol. The lowest BCUT2D eigenvalue weighted by Gasteiger charge is -2.18. The van der Waals surface area contributed by atoms with Gasteiger partial charge in [-0.2, -0.15) is 0 Å². The van der Waals surface area contributed by atoms with Crippen molar-refractivity contribution in [3.8, 4) is 0 Å². The van der Waals surface area contributed by atoms with Crippen molar-refractivity contribution >= 4 is 11.6 Å². The minimum absolute atomic E-state index is 0.0315. The molecule has 0 spiro atoms. The van der Waals surface area contributed by atoms with Gasteiger partial charge in [0.25, 0.3) is 0 Å². The lowest BCUT2D eigenvalue weighted by molar-refractivity contribution is -0.115. The van der Waals surface area contributed by atoms with E-state index in [9.17, 15) is 13.6 Å². The van der Waals surface area contributed by atoms with Crippen LogP contribution in [-0.4, -0.2) is 13.0 Å². The molecule has 3 rings (SSSR count). The highest BCUT2D eigenvalue weighted by molar-refractivity contribution is 5.99. The van der Waals surface area contributed by atoms with Crippen LogP contribution in [0.3, 0.4) is 0 Å². The molecular formula is C16H14F2N2O. The van der Waals surface area contributed by atoms with E-state index in [4.69, 9.17) is 0 Å². The van der Waals surface area contributed by atoms with E-state index in [2.05, 4.69) is 10.6 Å². The standard InChI is InChI=1S/C16H14F2N2O/c1-19-16(10-2-4-12(17)13(18)7-10)9-3-5-14-11(6-9)8-15(21)20-14/h2-7,16,19H,8H2,1H3,(H,20,21). The van der Waals surface area contributed by atoms with Crippen molar-refractivity contribution in [1.82, 2.24) is 5.32 Å². The number of anilines is 1. The predicted molar refractivity (Wildman–Crippen MR) is 76.0 cm³/mol. The molecule has 0 saturated carbocycles. The first-order chi connectivity index (χ1) is 10.1. The van der Waals surface area contributed by atoms with Crippen molar-refractivity contribution < 1.29 is 13.6 Å². The van der Waals surface area contributed by atoms with Gasteiger partial charge in [0.2, 0.25) is 5.91 Å². The molecule has 0 saturated heterocycles. The smallest absolute Gasteiger partial charge is 0.228 e. The fourth-order valence-corrected chi connectivity index (χ4v) is 2.65. The molecule has 3 nitrogen and oxygen atoms in total. The Kier molecular flexibility index (Phi) is 3.43. The van der Waals surface area contributed by atoms with Crippen LogP contribution in [0.2, 0.25) is 0 Å². The fraction of sp³-hybridized carbons (Fsp3) is 0.188. The third kappa shape index (κ3) is 2.52. The largest absolute Gasteiger partial charge is 0.326 e. The molecule has 5 heteroatoms. The van der Waals surface area contributed by atoms with Crippen LogP contribution in [0.5, 0.6) is 0 Å². The van der Waals surface area contributed by atoms with Crippen LogP contribution in [0.4, 0.5) is 14.5 Å². The second-order valence-electron chi connectivity index (χ2n) is 5.04. The third-order valence-electron chi connectivity index (χ3n) is 3.65. The highest BCUT2D eigenvalue weighted by atomic mass is 19.2. The minimum atomic E-state index is -0.870. The number of rotatable bonds is 3. The molecule has 1 amide bonds. The highest BCUT2D eigenvalue weighted by Crippen LogP contribution is 2.29. The summed E-state index contributed by atoms with van der Waals surface area (Å²) in [6.07, 6.45) is 0.345. The Morgan fingerprint density at radius 2 is 1.81 bits per heavy atom. The maximum Gasteiger partial charge on any atom is 0.228 e. The van der Waals surface area contributed by atoms with E-state index in [0.29, 0.717) is 12.0 Å². The Labute approximate surface area is 121 Å². The average molecular weight is 288 g/mol. The molecular weight excluding hydrogens is 274 g/mol. The molecule has 1 atom stereocenters. The Morgan fingerprint density at radius 1 is 1.10 bits per heavy atom. The summed E-state index contributed by atoms with van der Waals surface area (Å²) in [6, 6.07) is 9.21. The lowest BCUT2D eigenvalue weighted by atomic mass is 9.96. The van der Waals surface area contributed by atoms with Gasteiger partial charge in [-0.1, -0.05) is 18.2 Å². The Bertz CT molecular complexity index is 715. The van der Waals surface area contributed by atoms with Crippen molar-refractivity contribution in [2.45, 2.75) is 12.5 Å². The minimum Gasteiger partial charge on any atom is -0.326 e. The van der Waals surface area contributed by atoms with Gasteiger partial charge in [0.05, 0.1) is 12.5 Å². The van der Waals surface area contributed by atoms with Crippen molar-refractivity contribution in [3.05, 3.63) is 64.7 Å². The first-order valence-electron chi connectivity index (χ1n) is 6.63. The number of hydrogen-bond acceptors (Lipinski definition) is 2. The number of halogens is 2. The molecule has 2 N–H and O–H groups in total. The molecule has 0 fully saturated rings. The number of benzene rings is 2. The first-order valence-corrected chi connectivity index (χ1v) is 6.63. The molecule has 1 unspecified atom stereocenters. The molecule has 21 heavy (non-hydrogen) atoms. The molecule has 2 aromatic rings. The topological polar surface area (TPSA) is 41.1 Å². The average Bonchev–Trinajstić information content (AvgIpc) is 2.83. The van der Waals surface area contributed by atoms with Crippen LogP contribution in [0.25, 0.3) is 0 Å². The van der Waals surface area contributed by atoms with Gasteiger partial charge >= 0.3 is 0 Å². The zero-order valence-corrected chi connectivity index (χ0v) is 11.4. The molecule has 1 aliphatic heterocycles. The Balaban J connectivity index is 1.98. The van der Waals surface area contributed by atoms with Gasteiger partial charge < -0.3 is 10.6 Å². The number of fused-ring (bicyclic) bond motifs is 1. The van der Waals surface area contributed by atoms with Gasteiger partial charge in [-0.3, -0.25) is 4.79 Å². The van der Waals surface area contributed by atoms with Crippen molar-refractivity contribution in [3.63, 3.8) is 0 Å². The zero-order valence-electron chi connectivity index (χ0n) is 11.4. The van der Waals surface area contributed by atoms with Gasteiger partial charge in [0.15, 0.2) is 11.6 Å². The summed E-state index contributed by atoms with van der Waals surface area (Å²) < 4.78 is 26.5. The quantitative estimate of drug-likeness (QED) is 0.912. The Morgan fingerprint density at radius 3 is 2.52 bits per heavy atom. The van der Waals surface area contributed by atoms with E-state index < -0.39 is 11.6 Å². The maximum absolute atomic E-state index is 13.4. The lowest BCUT2D eigenvalue weighted by Crippen LogP contribution is -2.18. The molecule has 1 aliphatic rings. The van der Waals surface area contributed by atoms with Crippen LogP contribution < -0.4 is 10.6 Å². The molecule has 1 heterocycles. The van der Waals surface area contributed by atoms with Crippen LogP contribution in [0, 0.1) is 11.6 Å². The summed E-state index contributed by atoms with van der Waals surface area (Å²) in [5, 5.41) is 5.86. The number of carbonyl (C=O) groups is 1. The van der Waals surface area contributed by atoms with Crippen LogP contribution in [-0.2, 0) is 11.2 Å². The summed E-state index contributed by atoms with van der Waals surface area (Å²) in [6.45, 7) is 0. The number of hydrogen-bond donors (Lipinski definition) is 2. The molecule has 0 aromatic heterocycles. The van der Waals surface area contributed by atoms with E-state index >= 15 is 0 Å². The third-order valence-corrected chi connectivity index (χ3v) is 3.65. The summed E-state index contributed by atoms with van der Waals surface area (Å²) in [7, 11) is 1.75. The highest BCUT2D eigenvalue weighted by Gasteiger charge is 2.20. The van der Waals surface area contributed by atoms with Gasteiger partial charge in [-0.15, -0.1) is 0 Å².